The Morgan fingerprint density at radius 2 is 1.56 bits per heavy atom. The van der Waals surface area contributed by atoms with Crippen LogP contribution in [0.15, 0.2) is 65.8 Å². The highest BCUT2D eigenvalue weighted by Crippen LogP contribution is 2.28. The summed E-state index contributed by atoms with van der Waals surface area (Å²) < 4.78 is 10.7. The molecule has 0 fully saturated rings. The van der Waals surface area contributed by atoms with Gasteiger partial charge in [-0.15, -0.1) is 0 Å². The maximum absolute atomic E-state index is 12.4. The van der Waals surface area contributed by atoms with Gasteiger partial charge >= 0.3 is 17.8 Å². The molecule has 0 saturated carbocycles. The van der Waals surface area contributed by atoms with Crippen molar-refractivity contribution in [3.63, 3.8) is 0 Å². The van der Waals surface area contributed by atoms with E-state index in [0.717, 1.165) is 16.7 Å². The summed E-state index contributed by atoms with van der Waals surface area (Å²) in [6.45, 7) is 5.80. The molecule has 0 spiro atoms. The van der Waals surface area contributed by atoms with Gasteiger partial charge in [0.25, 0.3) is 0 Å². The van der Waals surface area contributed by atoms with E-state index in [2.05, 4.69) is 15.8 Å². The summed E-state index contributed by atoms with van der Waals surface area (Å²) in [5.41, 5.74) is 6.79. The summed E-state index contributed by atoms with van der Waals surface area (Å²) in [7, 11) is 1.44. The van der Waals surface area contributed by atoms with Gasteiger partial charge in [0.1, 0.15) is 0 Å². The Bertz CT molecular complexity index is 1250. The van der Waals surface area contributed by atoms with Crippen molar-refractivity contribution in [1.29, 1.82) is 0 Å². The number of carbonyl (C=O) groups excluding carboxylic acids is 3. The zero-order valence-corrected chi connectivity index (χ0v) is 19.3. The molecule has 8 heteroatoms. The van der Waals surface area contributed by atoms with Crippen molar-refractivity contribution in [3.8, 4) is 11.5 Å². The Morgan fingerprint density at radius 1 is 0.824 bits per heavy atom. The highest BCUT2D eigenvalue weighted by atomic mass is 16.6. The summed E-state index contributed by atoms with van der Waals surface area (Å²) in [5, 5.41) is 6.33. The van der Waals surface area contributed by atoms with Gasteiger partial charge in [-0.25, -0.2) is 10.2 Å². The lowest BCUT2D eigenvalue weighted by Crippen LogP contribution is -2.32. The molecular formula is C26H25N3O5. The molecule has 0 aromatic heterocycles. The fourth-order valence-corrected chi connectivity index (χ4v) is 2.92. The first kappa shape index (κ1) is 24.2. The minimum atomic E-state index is -0.912. The maximum atomic E-state index is 12.4. The summed E-state index contributed by atoms with van der Waals surface area (Å²) in [4.78, 5) is 36.5. The third-order valence-electron chi connectivity index (χ3n) is 5.03. The van der Waals surface area contributed by atoms with Gasteiger partial charge < -0.3 is 14.8 Å². The number of rotatable bonds is 6. The number of ether oxygens (including phenoxy) is 2. The van der Waals surface area contributed by atoms with E-state index >= 15 is 0 Å². The number of esters is 1. The van der Waals surface area contributed by atoms with Crippen molar-refractivity contribution < 1.29 is 23.9 Å². The zero-order valence-electron chi connectivity index (χ0n) is 19.3. The normalized spacial score (nSPS) is 10.6. The SMILES string of the molecule is COc1cc(/C=N/NC(=O)C(=O)Nc2ccc(C)c(C)c2)ccc1OC(=O)c1ccc(C)cc1. The maximum Gasteiger partial charge on any atom is 0.343 e. The van der Waals surface area contributed by atoms with E-state index in [1.165, 1.54) is 13.3 Å². The number of hydrogen-bond acceptors (Lipinski definition) is 6. The van der Waals surface area contributed by atoms with E-state index in [9.17, 15) is 14.4 Å². The molecule has 8 nitrogen and oxygen atoms in total. The Hall–Kier alpha value is -4.46. The smallest absolute Gasteiger partial charge is 0.343 e. The van der Waals surface area contributed by atoms with Crippen LogP contribution >= 0.6 is 0 Å². The van der Waals surface area contributed by atoms with E-state index in [1.54, 1.807) is 42.5 Å². The number of hydrazone groups is 1. The van der Waals surface area contributed by atoms with Gasteiger partial charge in [0, 0.05) is 5.69 Å². The highest BCUT2D eigenvalue weighted by Gasteiger charge is 2.14. The van der Waals surface area contributed by atoms with E-state index in [0.29, 0.717) is 22.6 Å². The van der Waals surface area contributed by atoms with Crippen molar-refractivity contribution in [3.05, 3.63) is 88.5 Å². The molecule has 34 heavy (non-hydrogen) atoms. The Balaban J connectivity index is 1.60. The van der Waals surface area contributed by atoms with Crippen LogP contribution < -0.4 is 20.2 Å². The zero-order chi connectivity index (χ0) is 24.7. The molecule has 3 rings (SSSR count). The second-order valence-corrected chi connectivity index (χ2v) is 7.62. The van der Waals surface area contributed by atoms with Gasteiger partial charge in [-0.1, -0.05) is 23.8 Å². The molecule has 0 bridgehead atoms. The molecular weight excluding hydrogens is 434 g/mol. The number of carbonyl (C=O) groups is 3. The molecule has 174 valence electrons. The van der Waals surface area contributed by atoms with Crippen LogP contribution in [0, 0.1) is 20.8 Å². The Kier molecular flexibility index (Phi) is 7.76. The van der Waals surface area contributed by atoms with Crippen molar-refractivity contribution in [2.24, 2.45) is 5.10 Å². The minimum Gasteiger partial charge on any atom is -0.493 e. The highest BCUT2D eigenvalue weighted by molar-refractivity contribution is 6.39. The first-order valence-corrected chi connectivity index (χ1v) is 10.5. The third-order valence-corrected chi connectivity index (χ3v) is 5.03. The molecule has 0 saturated heterocycles. The first-order valence-electron chi connectivity index (χ1n) is 10.5. The predicted molar refractivity (Wildman–Crippen MR) is 129 cm³/mol. The number of aryl methyl sites for hydroxylation is 3. The monoisotopic (exact) mass is 459 g/mol. The standard InChI is InChI=1S/C26H25N3O5/c1-16-5-9-20(10-6-16)26(32)34-22-12-8-19(14-23(22)33-4)15-27-29-25(31)24(30)28-21-11-7-17(2)18(3)13-21/h5-15H,1-4H3,(H,28,30)(H,29,31)/b27-15+. The van der Waals surface area contributed by atoms with Crippen LogP contribution in [0.2, 0.25) is 0 Å². The summed E-state index contributed by atoms with van der Waals surface area (Å²) >= 11 is 0. The fourth-order valence-electron chi connectivity index (χ4n) is 2.92. The van der Waals surface area contributed by atoms with Crippen molar-refractivity contribution in [2.75, 3.05) is 12.4 Å². The number of methoxy groups -OCH3 is 1. The van der Waals surface area contributed by atoms with E-state index in [1.807, 2.05) is 39.0 Å². The largest absolute Gasteiger partial charge is 0.493 e. The van der Waals surface area contributed by atoms with Crippen LogP contribution in [-0.4, -0.2) is 31.1 Å². The molecule has 0 heterocycles. The molecule has 0 unspecified atom stereocenters. The van der Waals surface area contributed by atoms with Crippen LogP contribution in [0.5, 0.6) is 11.5 Å². The predicted octanol–water partition coefficient (Wildman–Crippen LogP) is 3.93. The lowest BCUT2D eigenvalue weighted by molar-refractivity contribution is -0.136. The van der Waals surface area contributed by atoms with E-state index in [4.69, 9.17) is 9.47 Å². The lowest BCUT2D eigenvalue weighted by Gasteiger charge is -2.10. The number of anilines is 1. The average molecular weight is 460 g/mol. The summed E-state index contributed by atoms with van der Waals surface area (Å²) in [6.07, 6.45) is 1.34. The number of hydrogen-bond donors (Lipinski definition) is 2. The number of amides is 2. The van der Waals surface area contributed by atoms with Crippen molar-refractivity contribution in [1.82, 2.24) is 5.43 Å². The van der Waals surface area contributed by atoms with Crippen LogP contribution in [0.4, 0.5) is 5.69 Å². The number of nitrogens with zero attached hydrogens (tertiary/aromatic N) is 1. The summed E-state index contributed by atoms with van der Waals surface area (Å²) in [6, 6.07) is 17.1. The lowest BCUT2D eigenvalue weighted by atomic mass is 10.1. The van der Waals surface area contributed by atoms with Crippen LogP contribution in [-0.2, 0) is 9.59 Å². The van der Waals surface area contributed by atoms with E-state index < -0.39 is 17.8 Å². The summed E-state index contributed by atoms with van der Waals surface area (Å²) in [5.74, 6) is -1.71. The molecule has 0 aliphatic heterocycles. The average Bonchev–Trinajstić information content (AvgIpc) is 2.82. The molecule has 0 aliphatic carbocycles. The molecule has 3 aromatic carbocycles. The van der Waals surface area contributed by atoms with Gasteiger partial charge in [-0.3, -0.25) is 9.59 Å². The topological polar surface area (TPSA) is 106 Å². The molecule has 0 aliphatic rings. The molecule has 2 N–H and O–H groups in total. The Labute approximate surface area is 197 Å². The van der Waals surface area contributed by atoms with Gasteiger partial charge in [0.05, 0.1) is 18.9 Å². The molecule has 0 atom stereocenters. The Morgan fingerprint density at radius 3 is 2.24 bits per heavy atom. The van der Waals surface area contributed by atoms with Gasteiger partial charge in [0.2, 0.25) is 0 Å². The number of benzene rings is 3. The van der Waals surface area contributed by atoms with Crippen LogP contribution in [0.25, 0.3) is 0 Å². The molecule has 2 amide bonds. The fraction of sp³-hybridized carbons (Fsp3) is 0.154. The molecule has 3 aromatic rings. The van der Waals surface area contributed by atoms with Gasteiger partial charge in [-0.2, -0.15) is 5.10 Å². The third kappa shape index (κ3) is 6.29. The van der Waals surface area contributed by atoms with Crippen molar-refractivity contribution >= 4 is 29.7 Å². The second kappa shape index (κ2) is 10.9. The van der Waals surface area contributed by atoms with Crippen LogP contribution in [0.3, 0.4) is 0 Å². The number of nitrogens with one attached hydrogen (secondary N) is 2. The van der Waals surface area contributed by atoms with Gasteiger partial charge in [0.15, 0.2) is 11.5 Å². The van der Waals surface area contributed by atoms with Crippen LogP contribution in [0.1, 0.15) is 32.6 Å². The quantitative estimate of drug-likeness (QED) is 0.191. The second-order valence-electron chi connectivity index (χ2n) is 7.62. The minimum absolute atomic E-state index is 0.238. The van der Waals surface area contributed by atoms with E-state index in [-0.39, 0.29) is 5.75 Å². The first-order chi connectivity index (χ1) is 16.3. The molecule has 0 radical (unpaired) electrons. The van der Waals surface area contributed by atoms with Gasteiger partial charge in [-0.05, 0) is 79.9 Å². The van der Waals surface area contributed by atoms with Crippen molar-refractivity contribution in [2.45, 2.75) is 20.8 Å².